The van der Waals surface area contributed by atoms with Gasteiger partial charge in [0.25, 0.3) is 5.91 Å². The van der Waals surface area contributed by atoms with Crippen molar-refractivity contribution in [3.05, 3.63) is 35.6 Å². The molecule has 1 aromatic carbocycles. The van der Waals surface area contributed by atoms with Crippen LogP contribution in [0.5, 0.6) is 0 Å². The van der Waals surface area contributed by atoms with Gasteiger partial charge in [0.05, 0.1) is 6.10 Å². The van der Waals surface area contributed by atoms with Gasteiger partial charge < -0.3 is 10.4 Å². The van der Waals surface area contributed by atoms with E-state index < -0.39 is 11.9 Å². The van der Waals surface area contributed by atoms with Crippen molar-refractivity contribution in [3.8, 4) is 0 Å². The van der Waals surface area contributed by atoms with E-state index in [4.69, 9.17) is 5.11 Å². The Hall–Kier alpha value is -1.42. The van der Waals surface area contributed by atoms with Crippen molar-refractivity contribution < 1.29 is 14.3 Å². The molecule has 0 bridgehead atoms. The van der Waals surface area contributed by atoms with Gasteiger partial charge in [0.2, 0.25) is 0 Å². The Bertz CT molecular complexity index is 326. The fraction of sp³-hybridized carbons (Fsp3) is 0.300. The Kier molecular flexibility index (Phi) is 3.59. The third-order valence-corrected chi connectivity index (χ3v) is 1.64. The van der Waals surface area contributed by atoms with E-state index in [0.29, 0.717) is 0 Å². The number of amides is 1. The topological polar surface area (TPSA) is 49.3 Å². The van der Waals surface area contributed by atoms with Gasteiger partial charge >= 0.3 is 0 Å². The predicted octanol–water partition coefficient (Wildman–Crippen LogP) is 0.936. The summed E-state index contributed by atoms with van der Waals surface area (Å²) in [5, 5.41) is 11.4. The van der Waals surface area contributed by atoms with Crippen LogP contribution in [0.4, 0.5) is 4.39 Å². The number of nitrogens with one attached hydrogen (secondary N) is 1. The van der Waals surface area contributed by atoms with Crippen molar-refractivity contribution in [2.24, 2.45) is 0 Å². The van der Waals surface area contributed by atoms with Crippen molar-refractivity contribution in [2.45, 2.75) is 13.0 Å². The molecule has 3 nitrogen and oxygen atoms in total. The third kappa shape index (κ3) is 3.14. The molecular weight excluding hydrogens is 185 g/mol. The molecule has 0 spiro atoms. The van der Waals surface area contributed by atoms with Gasteiger partial charge in [-0.25, -0.2) is 4.39 Å². The van der Waals surface area contributed by atoms with Crippen LogP contribution in [-0.2, 0) is 0 Å². The molecule has 0 saturated carbocycles. The number of hydrogen-bond acceptors (Lipinski definition) is 2. The van der Waals surface area contributed by atoms with Crippen LogP contribution in [0, 0.1) is 5.82 Å². The maximum Gasteiger partial charge on any atom is 0.251 e. The van der Waals surface area contributed by atoms with E-state index in [2.05, 4.69) is 5.32 Å². The van der Waals surface area contributed by atoms with Crippen LogP contribution in [0.2, 0.25) is 0 Å². The molecule has 0 aliphatic heterocycles. The summed E-state index contributed by atoms with van der Waals surface area (Å²) >= 11 is 0. The van der Waals surface area contributed by atoms with Crippen LogP contribution in [0.3, 0.4) is 0 Å². The Morgan fingerprint density at radius 2 is 2.36 bits per heavy atom. The summed E-state index contributed by atoms with van der Waals surface area (Å²) in [4.78, 5) is 11.3. The van der Waals surface area contributed by atoms with Crippen molar-refractivity contribution in [1.29, 1.82) is 0 Å². The smallest absolute Gasteiger partial charge is 0.251 e. The second-order valence-corrected chi connectivity index (χ2v) is 3.07. The molecular formula is C10H12FNO2. The number of benzene rings is 1. The highest BCUT2D eigenvalue weighted by atomic mass is 19.1. The number of rotatable bonds is 3. The predicted molar refractivity (Wildman–Crippen MR) is 50.4 cm³/mol. The molecule has 1 aromatic rings. The third-order valence-electron chi connectivity index (χ3n) is 1.64. The van der Waals surface area contributed by atoms with Gasteiger partial charge in [-0.1, -0.05) is 6.07 Å². The van der Waals surface area contributed by atoms with E-state index in [9.17, 15) is 9.18 Å². The summed E-state index contributed by atoms with van der Waals surface area (Å²) in [6.07, 6.45) is -0.604. The number of carbonyl (C=O) groups is 1. The molecule has 0 fully saturated rings. The van der Waals surface area contributed by atoms with Gasteiger partial charge in [0, 0.05) is 12.1 Å². The first-order valence-corrected chi connectivity index (χ1v) is 4.31. The Morgan fingerprint density at radius 3 is 2.93 bits per heavy atom. The Morgan fingerprint density at radius 1 is 1.64 bits per heavy atom. The lowest BCUT2D eigenvalue weighted by atomic mass is 10.2. The van der Waals surface area contributed by atoms with E-state index in [-0.39, 0.29) is 18.0 Å². The van der Waals surface area contributed by atoms with Gasteiger partial charge in [-0.3, -0.25) is 4.79 Å². The minimum Gasteiger partial charge on any atom is -0.392 e. The van der Waals surface area contributed by atoms with Crippen LogP contribution in [0.25, 0.3) is 0 Å². The quantitative estimate of drug-likeness (QED) is 0.757. The number of aliphatic hydroxyl groups is 1. The maximum absolute atomic E-state index is 12.7. The molecule has 2 N–H and O–H groups in total. The minimum absolute atomic E-state index is 0.162. The molecule has 4 heteroatoms. The number of aliphatic hydroxyl groups excluding tert-OH is 1. The van der Waals surface area contributed by atoms with Crippen LogP contribution in [-0.4, -0.2) is 23.7 Å². The SMILES string of the molecule is C[C@H](O)CNC(=O)c1cccc(F)c1. The molecule has 0 heterocycles. The zero-order chi connectivity index (χ0) is 10.6. The fourth-order valence-electron chi connectivity index (χ4n) is 0.972. The lowest BCUT2D eigenvalue weighted by Crippen LogP contribution is -2.30. The van der Waals surface area contributed by atoms with Gasteiger partial charge in [0.15, 0.2) is 0 Å². The van der Waals surface area contributed by atoms with Crippen molar-refractivity contribution >= 4 is 5.91 Å². The monoisotopic (exact) mass is 197 g/mol. The summed E-state index contributed by atoms with van der Waals surface area (Å²) in [6.45, 7) is 1.72. The van der Waals surface area contributed by atoms with E-state index in [0.717, 1.165) is 6.07 Å². The van der Waals surface area contributed by atoms with Gasteiger partial charge in [0.1, 0.15) is 5.82 Å². The molecule has 0 aliphatic rings. The normalized spacial score (nSPS) is 12.2. The molecule has 0 aromatic heterocycles. The van der Waals surface area contributed by atoms with E-state index in [1.807, 2.05) is 0 Å². The number of carbonyl (C=O) groups excluding carboxylic acids is 1. The van der Waals surface area contributed by atoms with Gasteiger partial charge in [-0.05, 0) is 25.1 Å². The van der Waals surface area contributed by atoms with Gasteiger partial charge in [-0.15, -0.1) is 0 Å². The van der Waals surface area contributed by atoms with E-state index in [1.54, 1.807) is 6.92 Å². The van der Waals surface area contributed by atoms with Crippen molar-refractivity contribution in [1.82, 2.24) is 5.32 Å². The second-order valence-electron chi connectivity index (χ2n) is 3.07. The highest BCUT2D eigenvalue weighted by Gasteiger charge is 2.06. The fourth-order valence-corrected chi connectivity index (χ4v) is 0.972. The van der Waals surface area contributed by atoms with Crippen molar-refractivity contribution in [3.63, 3.8) is 0 Å². The first-order chi connectivity index (χ1) is 6.59. The molecule has 0 saturated heterocycles. The summed E-state index contributed by atoms with van der Waals surface area (Å²) in [5.74, 6) is -0.833. The van der Waals surface area contributed by atoms with Crippen molar-refractivity contribution in [2.75, 3.05) is 6.54 Å². The van der Waals surface area contributed by atoms with Crippen LogP contribution in [0.15, 0.2) is 24.3 Å². The molecule has 14 heavy (non-hydrogen) atoms. The summed E-state index contributed by atoms with van der Waals surface area (Å²) in [7, 11) is 0. The maximum atomic E-state index is 12.7. The molecule has 0 radical (unpaired) electrons. The lowest BCUT2D eigenvalue weighted by Gasteiger charge is -2.06. The van der Waals surface area contributed by atoms with E-state index >= 15 is 0 Å². The molecule has 0 unspecified atom stereocenters. The Labute approximate surface area is 81.6 Å². The molecule has 0 aliphatic carbocycles. The minimum atomic E-state index is -0.604. The van der Waals surface area contributed by atoms with Gasteiger partial charge in [-0.2, -0.15) is 0 Å². The van der Waals surface area contributed by atoms with Crippen LogP contribution < -0.4 is 5.32 Å². The second kappa shape index (κ2) is 4.72. The highest BCUT2D eigenvalue weighted by molar-refractivity contribution is 5.94. The largest absolute Gasteiger partial charge is 0.392 e. The first-order valence-electron chi connectivity index (χ1n) is 4.31. The molecule has 76 valence electrons. The number of halogens is 1. The summed E-state index contributed by atoms with van der Waals surface area (Å²) < 4.78 is 12.7. The zero-order valence-corrected chi connectivity index (χ0v) is 7.83. The summed E-state index contributed by atoms with van der Waals surface area (Å²) in [5.41, 5.74) is 0.255. The highest BCUT2D eigenvalue weighted by Crippen LogP contribution is 2.02. The lowest BCUT2D eigenvalue weighted by molar-refractivity contribution is 0.0923. The molecule has 1 amide bonds. The van der Waals surface area contributed by atoms with Crippen LogP contribution >= 0.6 is 0 Å². The number of hydrogen-bond donors (Lipinski definition) is 2. The van der Waals surface area contributed by atoms with Crippen LogP contribution in [0.1, 0.15) is 17.3 Å². The standard InChI is InChI=1S/C10H12FNO2/c1-7(13)6-12-10(14)8-3-2-4-9(11)5-8/h2-5,7,13H,6H2,1H3,(H,12,14)/t7-/m0/s1. The molecule has 1 atom stereocenters. The zero-order valence-electron chi connectivity index (χ0n) is 7.83. The first kappa shape index (κ1) is 10.7. The summed E-state index contributed by atoms with van der Waals surface area (Å²) in [6, 6.07) is 5.40. The average Bonchev–Trinajstić information content (AvgIpc) is 2.14. The Balaban J connectivity index is 2.61. The average molecular weight is 197 g/mol. The molecule has 1 rings (SSSR count). The van der Waals surface area contributed by atoms with E-state index in [1.165, 1.54) is 18.2 Å².